The summed E-state index contributed by atoms with van der Waals surface area (Å²) in [4.78, 5) is 10.3. The number of aryl methyl sites for hydroxylation is 2. The van der Waals surface area contributed by atoms with Crippen LogP contribution in [0.2, 0.25) is 0 Å². The molecule has 1 heterocycles. The number of carbonyl (C=O) groups is 1. The van der Waals surface area contributed by atoms with E-state index in [1.54, 1.807) is 4.68 Å². The average Bonchev–Trinajstić information content (AvgIpc) is 2.62. The molecule has 0 bridgehead atoms. The van der Waals surface area contributed by atoms with E-state index in [-0.39, 0.29) is 6.42 Å². The summed E-state index contributed by atoms with van der Waals surface area (Å²) in [6.07, 6.45) is 3.83. The molecule has 0 aliphatic carbocycles. The van der Waals surface area contributed by atoms with E-state index in [0.29, 0.717) is 5.56 Å². The van der Waals surface area contributed by atoms with Crippen molar-refractivity contribution in [1.29, 1.82) is 5.26 Å². The molecule has 0 unspecified atom stereocenters. The number of nitrogens with one attached hydrogen (secondary N) is 1. The Morgan fingerprint density at radius 1 is 1.42 bits per heavy atom. The van der Waals surface area contributed by atoms with Crippen LogP contribution in [0.5, 0.6) is 0 Å². The number of rotatable bonds is 8. The van der Waals surface area contributed by atoms with Crippen LogP contribution in [-0.4, -0.2) is 27.4 Å². The quantitative estimate of drug-likeness (QED) is 0.701. The van der Waals surface area contributed by atoms with Crippen molar-refractivity contribution in [2.45, 2.75) is 39.0 Å². The summed E-state index contributed by atoms with van der Waals surface area (Å²) < 4.78 is 1.68. The third kappa shape index (κ3) is 4.62. The van der Waals surface area contributed by atoms with Crippen LogP contribution in [0.4, 0.5) is 5.82 Å². The van der Waals surface area contributed by atoms with E-state index in [1.165, 1.54) is 0 Å². The molecular weight excluding hydrogens is 244 g/mol. The maximum atomic E-state index is 10.3. The SMILES string of the molecule is Cc1nn(C)c(NCCCCCCC(=O)O)c1C#N. The van der Waals surface area contributed by atoms with Gasteiger partial charge in [-0.05, 0) is 19.8 Å². The predicted molar refractivity (Wildman–Crippen MR) is 71.9 cm³/mol. The monoisotopic (exact) mass is 264 g/mol. The van der Waals surface area contributed by atoms with Gasteiger partial charge in [0.15, 0.2) is 0 Å². The molecule has 6 heteroatoms. The zero-order valence-corrected chi connectivity index (χ0v) is 11.4. The molecule has 0 aliphatic rings. The number of carboxylic acids is 1. The van der Waals surface area contributed by atoms with Crippen LogP contribution in [-0.2, 0) is 11.8 Å². The summed E-state index contributed by atoms with van der Waals surface area (Å²) in [6, 6.07) is 2.15. The van der Waals surface area contributed by atoms with Gasteiger partial charge in [0.05, 0.1) is 5.69 Å². The summed E-state index contributed by atoms with van der Waals surface area (Å²) in [7, 11) is 1.81. The summed E-state index contributed by atoms with van der Waals surface area (Å²) in [5, 5.41) is 25.0. The fourth-order valence-corrected chi connectivity index (χ4v) is 1.96. The highest BCUT2D eigenvalue weighted by Gasteiger charge is 2.11. The molecular formula is C13H20N4O2. The van der Waals surface area contributed by atoms with Crippen LogP contribution in [0.3, 0.4) is 0 Å². The van der Waals surface area contributed by atoms with E-state index in [2.05, 4.69) is 16.5 Å². The lowest BCUT2D eigenvalue weighted by Gasteiger charge is -2.06. The van der Waals surface area contributed by atoms with Gasteiger partial charge < -0.3 is 10.4 Å². The van der Waals surface area contributed by atoms with Crippen molar-refractivity contribution in [2.24, 2.45) is 7.05 Å². The Labute approximate surface area is 113 Å². The van der Waals surface area contributed by atoms with Crippen LogP contribution < -0.4 is 5.32 Å². The smallest absolute Gasteiger partial charge is 0.303 e. The van der Waals surface area contributed by atoms with Crippen LogP contribution >= 0.6 is 0 Å². The highest BCUT2D eigenvalue weighted by atomic mass is 16.4. The normalized spacial score (nSPS) is 10.2. The Morgan fingerprint density at radius 3 is 2.74 bits per heavy atom. The van der Waals surface area contributed by atoms with Gasteiger partial charge >= 0.3 is 5.97 Å². The fourth-order valence-electron chi connectivity index (χ4n) is 1.96. The van der Waals surface area contributed by atoms with Crippen molar-refractivity contribution in [2.75, 3.05) is 11.9 Å². The second-order valence-electron chi connectivity index (χ2n) is 4.53. The summed E-state index contributed by atoms with van der Waals surface area (Å²) >= 11 is 0. The molecule has 0 saturated carbocycles. The number of aromatic nitrogens is 2. The van der Waals surface area contributed by atoms with Crippen molar-refractivity contribution in [3.63, 3.8) is 0 Å². The van der Waals surface area contributed by atoms with Gasteiger partial charge in [-0.2, -0.15) is 10.4 Å². The van der Waals surface area contributed by atoms with Gasteiger partial charge in [0, 0.05) is 20.0 Å². The predicted octanol–water partition coefficient (Wildman–Crippen LogP) is 2.05. The van der Waals surface area contributed by atoms with Gasteiger partial charge in [0.25, 0.3) is 0 Å². The molecule has 1 aromatic heterocycles. The molecule has 19 heavy (non-hydrogen) atoms. The lowest BCUT2D eigenvalue weighted by atomic mass is 10.1. The van der Waals surface area contributed by atoms with E-state index in [0.717, 1.165) is 43.7 Å². The minimum absolute atomic E-state index is 0.243. The molecule has 2 N–H and O–H groups in total. The van der Waals surface area contributed by atoms with E-state index >= 15 is 0 Å². The average molecular weight is 264 g/mol. The second kappa shape index (κ2) is 7.41. The van der Waals surface area contributed by atoms with Crippen molar-refractivity contribution in [1.82, 2.24) is 9.78 Å². The standard InChI is InChI=1S/C13H20N4O2/c1-10-11(9-14)13(17(2)16-10)15-8-6-4-3-5-7-12(18)19/h15H,3-8H2,1-2H3,(H,18,19). The third-order valence-electron chi connectivity index (χ3n) is 2.94. The first-order valence-corrected chi connectivity index (χ1v) is 6.45. The first-order chi connectivity index (χ1) is 9.06. The second-order valence-corrected chi connectivity index (χ2v) is 4.53. The Bertz CT molecular complexity index is 474. The number of anilines is 1. The van der Waals surface area contributed by atoms with Gasteiger partial charge in [0.1, 0.15) is 17.5 Å². The summed E-state index contributed by atoms with van der Waals surface area (Å²) in [5.41, 5.74) is 1.32. The number of carboxylic acid groups (broad SMARTS) is 1. The third-order valence-corrected chi connectivity index (χ3v) is 2.94. The van der Waals surface area contributed by atoms with Gasteiger partial charge in [0.2, 0.25) is 0 Å². The molecule has 0 atom stereocenters. The largest absolute Gasteiger partial charge is 0.481 e. The minimum atomic E-state index is -0.734. The molecule has 1 rings (SSSR count). The lowest BCUT2D eigenvalue weighted by Crippen LogP contribution is -2.07. The lowest BCUT2D eigenvalue weighted by molar-refractivity contribution is -0.137. The van der Waals surface area contributed by atoms with Crippen molar-refractivity contribution in [3.8, 4) is 6.07 Å². The number of unbranched alkanes of at least 4 members (excludes halogenated alkanes) is 3. The van der Waals surface area contributed by atoms with E-state index < -0.39 is 5.97 Å². The molecule has 0 saturated heterocycles. The minimum Gasteiger partial charge on any atom is -0.481 e. The number of hydrogen-bond acceptors (Lipinski definition) is 4. The molecule has 0 aliphatic heterocycles. The summed E-state index contributed by atoms with van der Waals surface area (Å²) in [6.45, 7) is 2.58. The van der Waals surface area contributed by atoms with Gasteiger partial charge in [-0.1, -0.05) is 12.8 Å². The first kappa shape index (κ1) is 15.0. The Morgan fingerprint density at radius 2 is 2.11 bits per heavy atom. The van der Waals surface area contributed by atoms with Crippen molar-refractivity contribution >= 4 is 11.8 Å². The molecule has 104 valence electrons. The summed E-state index contributed by atoms with van der Waals surface area (Å²) in [5.74, 6) is 0.0210. The molecule has 0 amide bonds. The van der Waals surface area contributed by atoms with Crippen LogP contribution in [0, 0.1) is 18.3 Å². The molecule has 0 aromatic carbocycles. The Hall–Kier alpha value is -2.03. The molecule has 0 fully saturated rings. The highest BCUT2D eigenvalue weighted by molar-refractivity contribution is 5.66. The topological polar surface area (TPSA) is 90.9 Å². The van der Waals surface area contributed by atoms with E-state index in [1.807, 2.05) is 14.0 Å². The first-order valence-electron chi connectivity index (χ1n) is 6.45. The van der Waals surface area contributed by atoms with Gasteiger partial charge in [-0.3, -0.25) is 9.48 Å². The van der Waals surface area contributed by atoms with Crippen LogP contribution in [0.15, 0.2) is 0 Å². The fraction of sp³-hybridized carbons (Fsp3) is 0.615. The maximum absolute atomic E-state index is 10.3. The van der Waals surface area contributed by atoms with Crippen LogP contribution in [0.1, 0.15) is 43.4 Å². The highest BCUT2D eigenvalue weighted by Crippen LogP contribution is 2.17. The number of hydrogen-bond donors (Lipinski definition) is 2. The van der Waals surface area contributed by atoms with Crippen molar-refractivity contribution < 1.29 is 9.90 Å². The maximum Gasteiger partial charge on any atom is 0.303 e. The van der Waals surface area contributed by atoms with Crippen LogP contribution in [0.25, 0.3) is 0 Å². The Balaban J connectivity index is 2.27. The number of nitriles is 1. The molecule has 1 aromatic rings. The molecule has 0 spiro atoms. The zero-order chi connectivity index (χ0) is 14.3. The van der Waals surface area contributed by atoms with E-state index in [9.17, 15) is 4.79 Å². The Kier molecular flexibility index (Phi) is 5.86. The van der Waals surface area contributed by atoms with Gasteiger partial charge in [-0.15, -0.1) is 0 Å². The van der Waals surface area contributed by atoms with Gasteiger partial charge in [-0.25, -0.2) is 0 Å². The van der Waals surface area contributed by atoms with E-state index in [4.69, 9.17) is 10.4 Å². The zero-order valence-electron chi connectivity index (χ0n) is 11.4. The number of nitrogens with zero attached hydrogens (tertiary/aromatic N) is 3. The number of aliphatic carboxylic acids is 1. The molecule has 6 nitrogen and oxygen atoms in total. The molecule has 0 radical (unpaired) electrons. The van der Waals surface area contributed by atoms with Crippen molar-refractivity contribution in [3.05, 3.63) is 11.3 Å².